The smallest absolute Gasteiger partial charge is 0.273 e. The Labute approximate surface area is 193 Å². The number of benzene rings is 2. The van der Waals surface area contributed by atoms with E-state index in [4.69, 9.17) is 37.5 Å². The molecule has 6 nitrogen and oxygen atoms in total. The van der Waals surface area contributed by atoms with Crippen LogP contribution in [0.4, 0.5) is 0 Å². The second kappa shape index (κ2) is 11.3. The van der Waals surface area contributed by atoms with Gasteiger partial charge in [0.15, 0.2) is 11.5 Å². The SMILES string of the molecule is CNC(=O)/C(=N/OC)c1ccccc1COc1cc(Cl)c(OCCC(C)(C)C)c(Cl)c1. The molecule has 2 rings (SSSR count). The highest BCUT2D eigenvalue weighted by atomic mass is 35.5. The highest BCUT2D eigenvalue weighted by Crippen LogP contribution is 2.37. The van der Waals surface area contributed by atoms with E-state index >= 15 is 0 Å². The molecule has 168 valence electrons. The molecule has 0 aliphatic rings. The van der Waals surface area contributed by atoms with Crippen LogP contribution in [0.2, 0.25) is 10.0 Å². The number of ether oxygens (including phenoxy) is 2. The van der Waals surface area contributed by atoms with Gasteiger partial charge in [-0.15, -0.1) is 0 Å². The molecule has 0 atom stereocenters. The molecule has 0 bridgehead atoms. The summed E-state index contributed by atoms with van der Waals surface area (Å²) in [6.45, 7) is 7.11. The maximum atomic E-state index is 12.2. The minimum Gasteiger partial charge on any atom is -0.490 e. The molecule has 0 unspecified atom stereocenters. The van der Waals surface area contributed by atoms with Gasteiger partial charge in [-0.05, 0) is 17.4 Å². The number of carbonyl (C=O) groups excluding carboxylic acids is 1. The van der Waals surface area contributed by atoms with Gasteiger partial charge in [-0.2, -0.15) is 0 Å². The van der Waals surface area contributed by atoms with Crippen LogP contribution < -0.4 is 14.8 Å². The van der Waals surface area contributed by atoms with Crippen LogP contribution >= 0.6 is 23.2 Å². The molecular formula is C23H28Cl2N2O4. The van der Waals surface area contributed by atoms with Gasteiger partial charge in [0.05, 0.1) is 16.7 Å². The van der Waals surface area contributed by atoms with Gasteiger partial charge in [0.1, 0.15) is 19.5 Å². The van der Waals surface area contributed by atoms with Crippen LogP contribution in [0.3, 0.4) is 0 Å². The topological polar surface area (TPSA) is 69.2 Å². The van der Waals surface area contributed by atoms with E-state index in [9.17, 15) is 4.79 Å². The Balaban J connectivity index is 2.17. The molecule has 1 N–H and O–H groups in total. The van der Waals surface area contributed by atoms with E-state index < -0.39 is 0 Å². The van der Waals surface area contributed by atoms with Gasteiger partial charge in [-0.1, -0.05) is 73.4 Å². The van der Waals surface area contributed by atoms with Gasteiger partial charge in [-0.3, -0.25) is 4.79 Å². The predicted molar refractivity (Wildman–Crippen MR) is 124 cm³/mol. The Bertz CT molecular complexity index is 916. The number of amides is 1. The molecule has 0 aliphatic heterocycles. The molecule has 0 aromatic heterocycles. The van der Waals surface area contributed by atoms with Crippen molar-refractivity contribution in [2.75, 3.05) is 20.8 Å². The Morgan fingerprint density at radius 2 is 1.74 bits per heavy atom. The lowest BCUT2D eigenvalue weighted by Gasteiger charge is -2.19. The van der Waals surface area contributed by atoms with Crippen LogP contribution in [0.15, 0.2) is 41.6 Å². The van der Waals surface area contributed by atoms with Crippen molar-refractivity contribution in [2.45, 2.75) is 33.8 Å². The first-order chi connectivity index (χ1) is 14.7. The largest absolute Gasteiger partial charge is 0.490 e. The minimum atomic E-state index is -0.364. The van der Waals surface area contributed by atoms with Gasteiger partial charge in [0.2, 0.25) is 0 Å². The van der Waals surface area contributed by atoms with E-state index in [-0.39, 0.29) is 23.6 Å². The number of carbonyl (C=O) groups is 1. The van der Waals surface area contributed by atoms with Crippen LogP contribution in [0.25, 0.3) is 0 Å². The molecule has 0 saturated heterocycles. The number of oxime groups is 1. The van der Waals surface area contributed by atoms with Crippen molar-refractivity contribution < 1.29 is 19.1 Å². The van der Waals surface area contributed by atoms with E-state index in [1.165, 1.54) is 14.2 Å². The summed E-state index contributed by atoms with van der Waals surface area (Å²) in [4.78, 5) is 17.0. The van der Waals surface area contributed by atoms with E-state index in [1.54, 1.807) is 18.2 Å². The molecule has 0 aliphatic carbocycles. The van der Waals surface area contributed by atoms with Crippen LogP contribution in [0.1, 0.15) is 38.3 Å². The third-order valence-electron chi connectivity index (χ3n) is 4.36. The molecule has 0 saturated carbocycles. The van der Waals surface area contributed by atoms with Gasteiger partial charge in [0.25, 0.3) is 5.91 Å². The molecule has 1 amide bonds. The van der Waals surface area contributed by atoms with Crippen molar-refractivity contribution in [3.8, 4) is 11.5 Å². The maximum Gasteiger partial charge on any atom is 0.273 e. The normalized spacial score (nSPS) is 11.8. The van der Waals surface area contributed by atoms with Gasteiger partial charge >= 0.3 is 0 Å². The molecule has 0 spiro atoms. The van der Waals surface area contributed by atoms with Crippen LogP contribution in [0.5, 0.6) is 11.5 Å². The molecule has 2 aromatic rings. The fourth-order valence-corrected chi connectivity index (χ4v) is 3.25. The average molecular weight is 467 g/mol. The van der Waals surface area contributed by atoms with E-state index in [2.05, 4.69) is 31.2 Å². The molecular weight excluding hydrogens is 439 g/mol. The van der Waals surface area contributed by atoms with E-state index in [1.807, 2.05) is 18.2 Å². The number of nitrogens with one attached hydrogen (secondary N) is 1. The number of nitrogens with zero attached hydrogens (tertiary/aromatic N) is 1. The Kier molecular flexibility index (Phi) is 9.01. The van der Waals surface area contributed by atoms with Crippen molar-refractivity contribution in [2.24, 2.45) is 10.6 Å². The van der Waals surface area contributed by atoms with Crippen LogP contribution in [-0.4, -0.2) is 32.4 Å². The number of likely N-dealkylation sites (N-methyl/N-ethyl adjacent to an activating group) is 1. The lowest BCUT2D eigenvalue weighted by Crippen LogP contribution is -2.29. The summed E-state index contributed by atoms with van der Waals surface area (Å²) in [6, 6.07) is 10.6. The van der Waals surface area contributed by atoms with Crippen LogP contribution in [-0.2, 0) is 16.2 Å². The number of halogens is 2. The van der Waals surface area contributed by atoms with Crippen molar-refractivity contribution in [3.05, 3.63) is 57.6 Å². The molecule has 0 radical (unpaired) electrons. The number of rotatable bonds is 9. The minimum absolute atomic E-state index is 0.148. The van der Waals surface area contributed by atoms with Crippen molar-refractivity contribution in [1.82, 2.24) is 5.32 Å². The number of hydrogen-bond acceptors (Lipinski definition) is 5. The monoisotopic (exact) mass is 466 g/mol. The summed E-state index contributed by atoms with van der Waals surface area (Å²) in [5.41, 5.74) is 1.65. The van der Waals surface area contributed by atoms with Gasteiger partial charge in [0, 0.05) is 24.7 Å². The van der Waals surface area contributed by atoms with Gasteiger partial charge < -0.3 is 19.6 Å². The number of hydrogen-bond donors (Lipinski definition) is 1. The first-order valence-corrected chi connectivity index (χ1v) is 10.6. The Morgan fingerprint density at radius 3 is 2.32 bits per heavy atom. The Hall–Kier alpha value is -2.44. The summed E-state index contributed by atoms with van der Waals surface area (Å²) in [6.07, 6.45) is 0.866. The maximum absolute atomic E-state index is 12.2. The third kappa shape index (κ3) is 7.33. The second-order valence-electron chi connectivity index (χ2n) is 8.02. The molecule has 31 heavy (non-hydrogen) atoms. The first kappa shape index (κ1) is 24.8. The van der Waals surface area contributed by atoms with Crippen LogP contribution in [0, 0.1) is 5.41 Å². The standard InChI is InChI=1S/C23H28Cl2N2O4/c1-23(2,3)10-11-30-21-18(24)12-16(13-19(21)25)31-14-15-8-6-7-9-17(15)20(27-29-5)22(28)26-4/h6-9,12-13H,10-11,14H2,1-5H3,(H,26,28)/b27-20+. The highest BCUT2D eigenvalue weighted by Gasteiger charge is 2.18. The highest BCUT2D eigenvalue weighted by molar-refractivity contribution is 6.45. The summed E-state index contributed by atoms with van der Waals surface area (Å²) >= 11 is 12.7. The fraction of sp³-hybridized carbons (Fsp3) is 0.391. The summed E-state index contributed by atoms with van der Waals surface area (Å²) < 4.78 is 11.7. The molecule has 8 heteroatoms. The summed E-state index contributed by atoms with van der Waals surface area (Å²) in [5, 5.41) is 7.16. The van der Waals surface area contributed by atoms with E-state index in [0.29, 0.717) is 33.7 Å². The average Bonchev–Trinajstić information content (AvgIpc) is 2.71. The van der Waals surface area contributed by atoms with Crippen molar-refractivity contribution in [3.63, 3.8) is 0 Å². The zero-order chi connectivity index (χ0) is 23.0. The molecule has 0 heterocycles. The lowest BCUT2D eigenvalue weighted by molar-refractivity contribution is -0.114. The third-order valence-corrected chi connectivity index (χ3v) is 4.92. The first-order valence-electron chi connectivity index (χ1n) is 9.82. The predicted octanol–water partition coefficient (Wildman–Crippen LogP) is 5.48. The zero-order valence-corrected chi connectivity index (χ0v) is 19.9. The summed E-state index contributed by atoms with van der Waals surface area (Å²) in [7, 11) is 2.92. The van der Waals surface area contributed by atoms with Crippen molar-refractivity contribution >= 4 is 34.8 Å². The fourth-order valence-electron chi connectivity index (χ4n) is 2.68. The van der Waals surface area contributed by atoms with Gasteiger partial charge in [-0.25, -0.2) is 0 Å². The summed E-state index contributed by atoms with van der Waals surface area (Å²) in [5.74, 6) is 0.560. The van der Waals surface area contributed by atoms with E-state index in [0.717, 1.165) is 12.0 Å². The second-order valence-corrected chi connectivity index (χ2v) is 8.84. The zero-order valence-electron chi connectivity index (χ0n) is 18.4. The molecule has 0 fully saturated rings. The molecule has 2 aromatic carbocycles. The lowest BCUT2D eigenvalue weighted by atomic mass is 9.93. The van der Waals surface area contributed by atoms with Crippen molar-refractivity contribution in [1.29, 1.82) is 0 Å². The Morgan fingerprint density at radius 1 is 1.10 bits per heavy atom. The quantitative estimate of drug-likeness (QED) is 0.392.